The number of aryl methyl sites for hydroxylation is 2. The lowest BCUT2D eigenvalue weighted by Gasteiger charge is -2.22. The van der Waals surface area contributed by atoms with Gasteiger partial charge in [0.1, 0.15) is 0 Å². The molecule has 0 bridgehead atoms. The van der Waals surface area contributed by atoms with E-state index >= 15 is 0 Å². The van der Waals surface area contributed by atoms with E-state index in [9.17, 15) is 19.2 Å². The molecule has 6 heteroatoms. The zero-order chi connectivity index (χ0) is 23.8. The summed E-state index contributed by atoms with van der Waals surface area (Å²) in [5, 5.41) is 0. The van der Waals surface area contributed by atoms with Crippen molar-refractivity contribution in [3.63, 3.8) is 0 Å². The fourth-order valence-corrected chi connectivity index (χ4v) is 4.78. The third-order valence-electron chi connectivity index (χ3n) is 6.85. The molecule has 164 valence electrons. The molecule has 4 amide bonds. The Morgan fingerprint density at radius 2 is 1.03 bits per heavy atom. The average Bonchev–Trinajstić information content (AvgIpc) is 3.17. The first-order valence-electron chi connectivity index (χ1n) is 10.7. The second-order valence-electron chi connectivity index (χ2n) is 8.74. The maximum Gasteiger partial charge on any atom is 0.266 e. The Morgan fingerprint density at radius 1 is 0.545 bits per heavy atom. The van der Waals surface area contributed by atoms with Crippen LogP contribution in [0.25, 0.3) is 11.1 Å². The Bertz CT molecular complexity index is 1450. The number of imide groups is 2. The summed E-state index contributed by atoms with van der Waals surface area (Å²) in [6, 6.07) is 12.1. The summed E-state index contributed by atoms with van der Waals surface area (Å²) >= 11 is 0. The van der Waals surface area contributed by atoms with Crippen molar-refractivity contribution in [1.29, 1.82) is 0 Å². The number of hydrogen-bond acceptors (Lipinski definition) is 4. The second-order valence-corrected chi connectivity index (χ2v) is 8.74. The number of anilines is 1. The van der Waals surface area contributed by atoms with E-state index < -0.39 is 0 Å². The topological polar surface area (TPSA) is 74.8 Å². The lowest BCUT2D eigenvalue weighted by atomic mass is 9.97. The van der Waals surface area contributed by atoms with Gasteiger partial charge in [0.15, 0.2) is 0 Å². The van der Waals surface area contributed by atoms with Gasteiger partial charge in [0.25, 0.3) is 23.6 Å². The van der Waals surface area contributed by atoms with Crippen LogP contribution in [0.5, 0.6) is 0 Å². The van der Waals surface area contributed by atoms with Gasteiger partial charge in [-0.15, -0.1) is 0 Å². The normalized spacial score (nSPS) is 14.9. The molecule has 3 aromatic carbocycles. The van der Waals surface area contributed by atoms with Crippen molar-refractivity contribution in [2.24, 2.45) is 0 Å². The number of fused-ring (bicyclic) bond motifs is 2. The summed E-state index contributed by atoms with van der Waals surface area (Å²) in [4.78, 5) is 53.6. The van der Waals surface area contributed by atoms with Crippen molar-refractivity contribution in [2.45, 2.75) is 27.7 Å². The number of rotatable bonds is 2. The second kappa shape index (κ2) is 6.97. The molecule has 33 heavy (non-hydrogen) atoms. The Morgan fingerprint density at radius 3 is 1.64 bits per heavy atom. The van der Waals surface area contributed by atoms with E-state index in [1.807, 2.05) is 33.8 Å². The van der Waals surface area contributed by atoms with E-state index in [1.165, 1.54) is 11.9 Å². The molecule has 2 heterocycles. The minimum atomic E-state index is -0.363. The summed E-state index contributed by atoms with van der Waals surface area (Å²) in [6.45, 7) is 7.84. The van der Waals surface area contributed by atoms with E-state index in [2.05, 4.69) is 0 Å². The fraction of sp³-hybridized carbons (Fsp3) is 0.185. The van der Waals surface area contributed by atoms with Crippen LogP contribution in [0, 0.1) is 27.7 Å². The molecular weight excluding hydrogens is 416 g/mol. The Balaban J connectivity index is 1.59. The first-order chi connectivity index (χ1) is 15.6. The maximum atomic E-state index is 13.4. The fourth-order valence-electron chi connectivity index (χ4n) is 4.78. The van der Waals surface area contributed by atoms with E-state index in [-0.39, 0.29) is 23.6 Å². The van der Waals surface area contributed by atoms with Crippen molar-refractivity contribution in [3.8, 4) is 11.1 Å². The predicted molar refractivity (Wildman–Crippen MR) is 125 cm³/mol. The minimum Gasteiger partial charge on any atom is -0.277 e. The molecular formula is C27H22N2O4. The van der Waals surface area contributed by atoms with Crippen LogP contribution < -0.4 is 4.90 Å². The predicted octanol–water partition coefficient (Wildman–Crippen LogP) is 4.61. The summed E-state index contributed by atoms with van der Waals surface area (Å²) < 4.78 is 0. The molecule has 0 saturated carbocycles. The summed E-state index contributed by atoms with van der Waals surface area (Å²) in [5.74, 6) is -1.38. The Hall–Kier alpha value is -4.06. The van der Waals surface area contributed by atoms with E-state index in [0.29, 0.717) is 39.1 Å². The van der Waals surface area contributed by atoms with Crippen LogP contribution in [-0.2, 0) is 0 Å². The van der Waals surface area contributed by atoms with Crippen LogP contribution in [0.4, 0.5) is 5.69 Å². The average molecular weight is 438 g/mol. The number of carbonyl (C=O) groups is 4. The summed E-state index contributed by atoms with van der Waals surface area (Å²) in [7, 11) is 1.45. The minimum absolute atomic E-state index is 0.328. The highest BCUT2D eigenvalue weighted by Crippen LogP contribution is 2.37. The van der Waals surface area contributed by atoms with Gasteiger partial charge in [0, 0.05) is 7.05 Å². The van der Waals surface area contributed by atoms with Crippen LogP contribution in [0.15, 0.2) is 42.5 Å². The van der Waals surface area contributed by atoms with E-state index in [4.69, 9.17) is 0 Å². The van der Waals surface area contributed by atoms with Gasteiger partial charge in [-0.05, 0) is 85.3 Å². The summed E-state index contributed by atoms with van der Waals surface area (Å²) in [5.41, 5.74) is 7.37. The van der Waals surface area contributed by atoms with Gasteiger partial charge >= 0.3 is 0 Å². The van der Waals surface area contributed by atoms with Crippen LogP contribution in [0.1, 0.15) is 63.7 Å². The SMILES string of the molecule is Cc1cc(C)c(N2C(=O)c3ccc(-c4ccc5c(c4)C(=O)N(C)C5=O)cc3C2=O)c(C)c1C. The summed E-state index contributed by atoms with van der Waals surface area (Å²) in [6.07, 6.45) is 0. The van der Waals surface area contributed by atoms with Gasteiger partial charge < -0.3 is 0 Å². The molecule has 6 nitrogen and oxygen atoms in total. The Kier molecular flexibility index (Phi) is 4.40. The zero-order valence-electron chi connectivity index (χ0n) is 19.1. The van der Waals surface area contributed by atoms with Gasteiger partial charge in [-0.25, -0.2) is 4.90 Å². The largest absolute Gasteiger partial charge is 0.277 e. The lowest BCUT2D eigenvalue weighted by Crippen LogP contribution is -2.31. The van der Waals surface area contributed by atoms with Gasteiger partial charge in [-0.3, -0.25) is 24.1 Å². The van der Waals surface area contributed by atoms with Crippen molar-refractivity contribution in [1.82, 2.24) is 4.90 Å². The highest BCUT2D eigenvalue weighted by molar-refractivity contribution is 6.35. The quantitative estimate of drug-likeness (QED) is 0.548. The molecule has 5 rings (SSSR count). The molecule has 0 saturated heterocycles. The first kappa shape index (κ1) is 20.8. The molecule has 0 aliphatic carbocycles. The molecule has 0 spiro atoms. The highest BCUT2D eigenvalue weighted by Gasteiger charge is 2.39. The highest BCUT2D eigenvalue weighted by atomic mass is 16.2. The number of hydrogen-bond donors (Lipinski definition) is 0. The molecule has 0 radical (unpaired) electrons. The monoisotopic (exact) mass is 438 g/mol. The third kappa shape index (κ3) is 2.80. The zero-order valence-corrected chi connectivity index (χ0v) is 19.1. The van der Waals surface area contributed by atoms with Gasteiger partial charge in [-0.2, -0.15) is 0 Å². The third-order valence-corrected chi connectivity index (χ3v) is 6.85. The number of carbonyl (C=O) groups excluding carboxylic acids is 4. The molecule has 0 atom stereocenters. The molecule has 0 N–H and O–H groups in total. The first-order valence-corrected chi connectivity index (χ1v) is 10.7. The number of nitrogens with zero attached hydrogens (tertiary/aromatic N) is 2. The number of benzene rings is 3. The van der Waals surface area contributed by atoms with Gasteiger partial charge in [0.05, 0.1) is 27.9 Å². The van der Waals surface area contributed by atoms with Gasteiger partial charge in [-0.1, -0.05) is 18.2 Å². The van der Waals surface area contributed by atoms with Gasteiger partial charge in [0.2, 0.25) is 0 Å². The van der Waals surface area contributed by atoms with Crippen molar-refractivity contribution in [2.75, 3.05) is 11.9 Å². The molecule has 0 unspecified atom stereocenters. The van der Waals surface area contributed by atoms with E-state index in [0.717, 1.165) is 27.2 Å². The van der Waals surface area contributed by atoms with Crippen molar-refractivity contribution >= 4 is 29.3 Å². The molecule has 2 aliphatic heterocycles. The van der Waals surface area contributed by atoms with Crippen LogP contribution in [-0.4, -0.2) is 35.6 Å². The molecule has 3 aromatic rings. The Labute approximate surface area is 191 Å². The van der Waals surface area contributed by atoms with E-state index in [1.54, 1.807) is 36.4 Å². The molecule has 0 fully saturated rings. The molecule has 0 aromatic heterocycles. The van der Waals surface area contributed by atoms with Crippen LogP contribution in [0.2, 0.25) is 0 Å². The lowest BCUT2D eigenvalue weighted by molar-refractivity contribution is 0.0692. The van der Waals surface area contributed by atoms with Crippen LogP contribution >= 0.6 is 0 Å². The number of amides is 4. The van der Waals surface area contributed by atoms with Crippen LogP contribution in [0.3, 0.4) is 0 Å². The van der Waals surface area contributed by atoms with Crippen molar-refractivity contribution < 1.29 is 19.2 Å². The van der Waals surface area contributed by atoms with Crippen molar-refractivity contribution in [3.05, 3.63) is 87.0 Å². The molecule has 2 aliphatic rings. The smallest absolute Gasteiger partial charge is 0.266 e. The maximum absolute atomic E-state index is 13.4. The standard InChI is InChI=1S/C27H22N2O4/c1-13-10-14(2)23(16(4)15(13)3)29-26(32)20-9-7-18(12-22(20)27(29)33)17-6-8-19-21(11-17)25(31)28(5)24(19)30/h6-12H,1-5H3.